The summed E-state index contributed by atoms with van der Waals surface area (Å²) < 4.78 is 0. The quantitative estimate of drug-likeness (QED) is 0.231. The Morgan fingerprint density at radius 2 is 2.43 bits per heavy atom. The van der Waals surface area contributed by atoms with E-state index in [0.29, 0.717) is 0 Å². The molecular weight excluding hydrogens is 114 g/mol. The van der Waals surface area contributed by atoms with Crippen molar-refractivity contribution in [3.63, 3.8) is 0 Å². The summed E-state index contributed by atoms with van der Waals surface area (Å²) in [5.74, 6) is 0. The molecule has 0 saturated heterocycles. The molecule has 3 nitrogen and oxygen atoms in total. The standard InChI is InChI=1S/C3H6ClN3/c1-5-3(4)7-6-2/h2H2,1H3,(H,5,7). The summed E-state index contributed by atoms with van der Waals surface area (Å²) in [6, 6.07) is 0. The van der Waals surface area contributed by atoms with Crippen molar-refractivity contribution in [3.05, 3.63) is 0 Å². The molecule has 0 unspecified atom stereocenters. The highest BCUT2D eigenvalue weighted by Gasteiger charge is 1.79. The summed E-state index contributed by atoms with van der Waals surface area (Å²) in [7, 11) is 1.56. The van der Waals surface area contributed by atoms with Crippen LogP contribution in [0, 0.1) is 0 Å². The minimum atomic E-state index is 0.245. The third kappa shape index (κ3) is 3.26. The van der Waals surface area contributed by atoms with Gasteiger partial charge in [0, 0.05) is 13.8 Å². The van der Waals surface area contributed by atoms with Crippen LogP contribution in [0.15, 0.2) is 10.1 Å². The lowest BCUT2D eigenvalue weighted by atomic mass is 11.2. The highest BCUT2D eigenvalue weighted by atomic mass is 35.5. The highest BCUT2D eigenvalue weighted by molar-refractivity contribution is 6.64. The molecule has 0 heterocycles. The van der Waals surface area contributed by atoms with Crippen LogP contribution in [0.5, 0.6) is 0 Å². The maximum absolute atomic E-state index is 5.27. The average Bonchev–Trinajstić information content (AvgIpc) is 1.68. The van der Waals surface area contributed by atoms with Crippen molar-refractivity contribution in [1.29, 1.82) is 0 Å². The minimum Gasteiger partial charge on any atom is -0.260 e. The van der Waals surface area contributed by atoms with Crippen LogP contribution in [0.1, 0.15) is 0 Å². The summed E-state index contributed by atoms with van der Waals surface area (Å²) in [5.41, 5.74) is 2.32. The molecule has 0 fully saturated rings. The van der Waals surface area contributed by atoms with Crippen molar-refractivity contribution in [2.75, 3.05) is 7.05 Å². The van der Waals surface area contributed by atoms with Gasteiger partial charge in [0.25, 0.3) is 0 Å². The first-order valence-corrected chi connectivity index (χ1v) is 2.03. The summed E-state index contributed by atoms with van der Waals surface area (Å²) in [4.78, 5) is 3.52. The second kappa shape index (κ2) is 3.61. The maximum atomic E-state index is 5.27. The molecule has 1 N–H and O–H groups in total. The third-order valence-electron chi connectivity index (χ3n) is 0.368. The topological polar surface area (TPSA) is 36.8 Å². The summed E-state index contributed by atoms with van der Waals surface area (Å²) in [6.07, 6.45) is 0. The van der Waals surface area contributed by atoms with Gasteiger partial charge in [-0.2, -0.15) is 5.10 Å². The number of hydrogen-bond donors (Lipinski definition) is 1. The van der Waals surface area contributed by atoms with E-state index in [1.165, 1.54) is 0 Å². The van der Waals surface area contributed by atoms with Crippen molar-refractivity contribution in [1.82, 2.24) is 5.43 Å². The Morgan fingerprint density at radius 3 is 2.57 bits per heavy atom. The molecule has 0 spiro atoms. The van der Waals surface area contributed by atoms with Gasteiger partial charge in [-0.15, -0.1) is 0 Å². The average molecular weight is 120 g/mol. The Kier molecular flexibility index (Phi) is 3.32. The Labute approximate surface area is 47.1 Å². The molecule has 0 amide bonds. The van der Waals surface area contributed by atoms with E-state index < -0.39 is 0 Å². The van der Waals surface area contributed by atoms with Crippen molar-refractivity contribution >= 4 is 23.6 Å². The molecule has 40 valence electrons. The van der Waals surface area contributed by atoms with Crippen LogP contribution in [-0.2, 0) is 0 Å². The molecule has 0 atom stereocenters. The van der Waals surface area contributed by atoms with Gasteiger partial charge in [0.15, 0.2) is 0 Å². The lowest BCUT2D eigenvalue weighted by molar-refractivity contribution is 1.05. The van der Waals surface area contributed by atoms with E-state index in [4.69, 9.17) is 11.6 Å². The van der Waals surface area contributed by atoms with Gasteiger partial charge in [-0.3, -0.25) is 10.4 Å². The second-order valence-electron chi connectivity index (χ2n) is 0.784. The number of halogens is 1. The first kappa shape index (κ1) is 6.43. The van der Waals surface area contributed by atoms with E-state index in [-0.39, 0.29) is 5.29 Å². The molecule has 0 aromatic carbocycles. The second-order valence-corrected chi connectivity index (χ2v) is 1.14. The van der Waals surface area contributed by atoms with Crippen LogP contribution in [0.4, 0.5) is 0 Å². The normalized spacial score (nSPS) is 10.9. The van der Waals surface area contributed by atoms with E-state index in [9.17, 15) is 0 Å². The van der Waals surface area contributed by atoms with Crippen molar-refractivity contribution in [3.8, 4) is 0 Å². The first-order chi connectivity index (χ1) is 3.31. The third-order valence-corrected chi connectivity index (χ3v) is 0.621. The largest absolute Gasteiger partial charge is 0.260 e. The Balaban J connectivity index is 3.36. The molecule has 0 aromatic rings. The van der Waals surface area contributed by atoms with Crippen LogP contribution >= 0.6 is 11.6 Å². The number of aliphatic imine (C=N–C) groups is 1. The molecule has 0 bridgehead atoms. The number of rotatable bonds is 1. The maximum Gasteiger partial charge on any atom is 0.211 e. The number of nitrogens with one attached hydrogen (secondary N) is 1. The monoisotopic (exact) mass is 119 g/mol. The van der Waals surface area contributed by atoms with E-state index in [2.05, 4.69) is 22.2 Å². The Morgan fingerprint density at radius 1 is 1.86 bits per heavy atom. The van der Waals surface area contributed by atoms with Crippen molar-refractivity contribution in [2.24, 2.45) is 10.1 Å². The molecule has 7 heavy (non-hydrogen) atoms. The highest BCUT2D eigenvalue weighted by Crippen LogP contribution is 1.75. The molecule has 0 rings (SSSR count). The molecule has 0 aliphatic heterocycles. The van der Waals surface area contributed by atoms with E-state index in [1.807, 2.05) is 0 Å². The predicted octanol–water partition coefficient (Wildman–Crippen LogP) is 0.416. The molecular formula is C3H6ClN3. The smallest absolute Gasteiger partial charge is 0.211 e. The van der Waals surface area contributed by atoms with Crippen LogP contribution in [-0.4, -0.2) is 19.1 Å². The van der Waals surface area contributed by atoms with Crippen LogP contribution < -0.4 is 5.43 Å². The predicted molar refractivity (Wildman–Crippen MR) is 31.9 cm³/mol. The van der Waals surface area contributed by atoms with Gasteiger partial charge in [0.05, 0.1) is 0 Å². The molecule has 0 aliphatic carbocycles. The Bertz CT molecular complexity index is 88.2. The van der Waals surface area contributed by atoms with Gasteiger partial charge in [-0.25, -0.2) is 0 Å². The minimum absolute atomic E-state index is 0.245. The summed E-state index contributed by atoms with van der Waals surface area (Å²) >= 11 is 5.27. The molecule has 0 saturated carbocycles. The SMILES string of the molecule is C=NNC(Cl)=NC. The molecule has 0 radical (unpaired) electrons. The summed E-state index contributed by atoms with van der Waals surface area (Å²) in [6.45, 7) is 3.12. The van der Waals surface area contributed by atoms with E-state index >= 15 is 0 Å². The molecule has 4 heteroatoms. The van der Waals surface area contributed by atoms with Crippen LogP contribution in [0.3, 0.4) is 0 Å². The molecule has 0 aliphatic rings. The first-order valence-electron chi connectivity index (χ1n) is 1.65. The zero-order chi connectivity index (χ0) is 5.70. The number of amidine groups is 1. The van der Waals surface area contributed by atoms with Crippen molar-refractivity contribution < 1.29 is 0 Å². The van der Waals surface area contributed by atoms with Gasteiger partial charge in [0.1, 0.15) is 0 Å². The van der Waals surface area contributed by atoms with Crippen LogP contribution in [0.2, 0.25) is 0 Å². The number of hydrogen-bond acceptors (Lipinski definition) is 2. The zero-order valence-electron chi connectivity index (χ0n) is 3.98. The Hall–Kier alpha value is -0.570. The van der Waals surface area contributed by atoms with Crippen molar-refractivity contribution in [2.45, 2.75) is 0 Å². The van der Waals surface area contributed by atoms with Gasteiger partial charge in [-0.05, 0) is 11.6 Å². The van der Waals surface area contributed by atoms with Gasteiger partial charge >= 0.3 is 0 Å². The van der Waals surface area contributed by atoms with Gasteiger partial charge < -0.3 is 0 Å². The van der Waals surface area contributed by atoms with Gasteiger partial charge in [-0.1, -0.05) is 0 Å². The van der Waals surface area contributed by atoms with Gasteiger partial charge in [0.2, 0.25) is 5.29 Å². The number of nitrogens with zero attached hydrogens (tertiary/aromatic N) is 2. The molecule has 0 aromatic heterocycles. The van der Waals surface area contributed by atoms with E-state index in [1.54, 1.807) is 7.05 Å². The summed E-state index contributed by atoms with van der Waals surface area (Å²) in [5, 5.41) is 3.49. The van der Waals surface area contributed by atoms with E-state index in [0.717, 1.165) is 0 Å². The lowest BCUT2D eigenvalue weighted by Crippen LogP contribution is -2.08. The zero-order valence-corrected chi connectivity index (χ0v) is 4.74. The number of hydrazone groups is 1. The lowest BCUT2D eigenvalue weighted by Gasteiger charge is -1.88. The fraction of sp³-hybridized carbons (Fsp3) is 0.333. The van der Waals surface area contributed by atoms with Crippen LogP contribution in [0.25, 0.3) is 0 Å². The fourth-order valence-corrected chi connectivity index (χ4v) is 0.175. The fourth-order valence-electron chi connectivity index (χ4n) is 0.115.